The molecule has 1 fully saturated rings. The van der Waals surface area contributed by atoms with Crippen LogP contribution in [0.15, 0.2) is 24.3 Å². The first kappa shape index (κ1) is 67.5. The number of esters is 2. The van der Waals surface area contributed by atoms with Crippen molar-refractivity contribution in [2.24, 2.45) is 0 Å². The highest BCUT2D eigenvalue weighted by Gasteiger charge is 2.50. The van der Waals surface area contributed by atoms with E-state index in [9.17, 15) is 54.0 Å². The molecule has 434 valence electrons. The summed E-state index contributed by atoms with van der Waals surface area (Å²) in [4.78, 5) is 90.0. The summed E-state index contributed by atoms with van der Waals surface area (Å²) in [5, 5.41) is 46.2. The number of carbonyl (C=O) groups is 7. The number of carboxylic acids is 3. The zero-order chi connectivity index (χ0) is 55.8. The van der Waals surface area contributed by atoms with E-state index in [1.54, 1.807) is 12.1 Å². The van der Waals surface area contributed by atoms with Gasteiger partial charge in [0, 0.05) is 24.8 Å². The Kier molecular flexibility index (Phi) is 37.7. The average Bonchev–Trinajstić information content (AvgIpc) is 3.38. The number of nitrogens with one attached hydrogen (secondary N) is 2. The van der Waals surface area contributed by atoms with Gasteiger partial charge in [-0.1, -0.05) is 193 Å². The summed E-state index contributed by atoms with van der Waals surface area (Å²) >= 11 is 0. The summed E-state index contributed by atoms with van der Waals surface area (Å²) < 4.78 is 23.7. The number of hydrogen-bond acceptors (Lipinski definition) is 12. The lowest BCUT2D eigenvalue weighted by Gasteiger charge is -2.44. The molecule has 0 aromatic heterocycles. The Balaban J connectivity index is 2.30. The average molecular weight is 1080 g/mol. The highest BCUT2D eigenvalue weighted by atomic mass is 16.7. The number of hydrogen-bond donors (Lipinski definition) is 6. The van der Waals surface area contributed by atoms with E-state index in [0.29, 0.717) is 12.8 Å². The third kappa shape index (κ3) is 31.6. The molecule has 0 saturated carbocycles. The standard InChI is InChI=1S/C59H98N2O15/c1-4-7-10-13-16-18-20-22-24-27-30-33-49(62)61-54-56(76-53(69)34-31-28-25-23-21-19-17-14-11-8-5-2)55(70)48(75-59(54)74-46(41-51(65)66)42-52(67)68)43-73-58(72)47(39-40-50(63)64)60-57(71)45-37-35-44(36-38-45)32-29-26-15-12-9-6-3/h35-38,46-48,54-56,59,70H,4-34,39-43H2,1-3H3,(H,60,71)(H,61,62)(H,63,64)(H,65,66)(H,67,68)/t47-,48-,54-,55-,56-,59+/m1/s1. The first-order chi connectivity index (χ1) is 36.7. The van der Waals surface area contributed by atoms with Crippen molar-refractivity contribution in [2.75, 3.05) is 6.61 Å². The van der Waals surface area contributed by atoms with Crippen molar-refractivity contribution < 1.29 is 72.9 Å². The molecule has 1 aromatic rings. The first-order valence-electron chi connectivity index (χ1n) is 29.4. The van der Waals surface area contributed by atoms with Gasteiger partial charge in [0.15, 0.2) is 12.4 Å². The topological polar surface area (TPSA) is 261 Å². The van der Waals surface area contributed by atoms with Gasteiger partial charge in [0.1, 0.15) is 30.9 Å². The van der Waals surface area contributed by atoms with E-state index >= 15 is 0 Å². The molecule has 0 aliphatic carbocycles. The SMILES string of the molecule is CCCCCCCCCCCCCC(=O)N[C@H]1[C@@H](OC(CC(=O)O)CC(=O)O)O[C@H](COC(=O)[C@@H](CCC(=O)O)NC(=O)c2ccc(CCCCCCCC)cc2)[C@@H](O)[C@@H]1OC(=O)CCCCCCCCCCCCC. The summed E-state index contributed by atoms with van der Waals surface area (Å²) in [5.41, 5.74) is 1.28. The second kappa shape index (κ2) is 42.4. The summed E-state index contributed by atoms with van der Waals surface area (Å²) in [6.07, 6.45) is 20.3. The lowest BCUT2D eigenvalue weighted by molar-refractivity contribution is -0.286. The Bertz CT molecular complexity index is 1760. The Morgan fingerprint density at radius 3 is 1.51 bits per heavy atom. The number of ether oxygens (including phenoxy) is 4. The Hall–Kier alpha value is -4.61. The van der Waals surface area contributed by atoms with E-state index in [-0.39, 0.29) is 24.8 Å². The molecule has 2 amide bonds. The van der Waals surface area contributed by atoms with E-state index in [1.165, 1.54) is 83.5 Å². The summed E-state index contributed by atoms with van der Waals surface area (Å²) in [6, 6.07) is 3.99. The lowest BCUT2D eigenvalue weighted by Crippen LogP contribution is -2.66. The minimum atomic E-state index is -1.79. The fourth-order valence-corrected chi connectivity index (χ4v) is 9.52. The van der Waals surface area contributed by atoms with Gasteiger partial charge < -0.3 is 50.0 Å². The molecular weight excluding hydrogens is 977 g/mol. The van der Waals surface area contributed by atoms with Crippen LogP contribution in [0.5, 0.6) is 0 Å². The number of rotatable bonds is 47. The van der Waals surface area contributed by atoms with Crippen LogP contribution < -0.4 is 10.6 Å². The van der Waals surface area contributed by atoms with Gasteiger partial charge in [-0.05, 0) is 49.8 Å². The van der Waals surface area contributed by atoms with Crippen molar-refractivity contribution in [3.63, 3.8) is 0 Å². The molecule has 0 spiro atoms. The fraction of sp³-hybridized carbons (Fsp3) is 0.780. The van der Waals surface area contributed by atoms with Crippen molar-refractivity contribution in [3.8, 4) is 0 Å². The van der Waals surface area contributed by atoms with Gasteiger partial charge in [0.05, 0.1) is 18.9 Å². The van der Waals surface area contributed by atoms with Crippen LogP contribution in [0.4, 0.5) is 0 Å². The van der Waals surface area contributed by atoms with Crippen LogP contribution in [0.2, 0.25) is 0 Å². The van der Waals surface area contributed by atoms with Gasteiger partial charge in [-0.15, -0.1) is 0 Å². The number of unbranched alkanes of at least 4 members (excludes halogenated alkanes) is 25. The van der Waals surface area contributed by atoms with Gasteiger partial charge in [0.2, 0.25) is 5.91 Å². The molecule has 6 atom stereocenters. The third-order valence-electron chi connectivity index (χ3n) is 14.1. The van der Waals surface area contributed by atoms with Crippen LogP contribution in [-0.2, 0) is 54.1 Å². The van der Waals surface area contributed by atoms with Gasteiger partial charge in [-0.25, -0.2) is 4.79 Å². The van der Waals surface area contributed by atoms with Crippen molar-refractivity contribution >= 4 is 41.7 Å². The summed E-state index contributed by atoms with van der Waals surface area (Å²) in [7, 11) is 0. The third-order valence-corrected chi connectivity index (χ3v) is 14.1. The zero-order valence-electron chi connectivity index (χ0n) is 46.6. The predicted octanol–water partition coefficient (Wildman–Crippen LogP) is 11.3. The quantitative estimate of drug-likeness (QED) is 0.0262. The molecule has 0 bridgehead atoms. The van der Waals surface area contributed by atoms with Crippen molar-refractivity contribution in [2.45, 2.75) is 288 Å². The maximum absolute atomic E-state index is 13.8. The largest absolute Gasteiger partial charge is 0.481 e. The van der Waals surface area contributed by atoms with Crippen LogP contribution in [0.25, 0.3) is 0 Å². The van der Waals surface area contributed by atoms with Gasteiger partial charge in [-0.3, -0.25) is 28.8 Å². The van der Waals surface area contributed by atoms with Crippen LogP contribution in [0, 0.1) is 0 Å². The number of aliphatic hydroxyl groups is 1. The Morgan fingerprint density at radius 1 is 0.579 bits per heavy atom. The predicted molar refractivity (Wildman–Crippen MR) is 291 cm³/mol. The van der Waals surface area contributed by atoms with Crippen molar-refractivity contribution in [3.05, 3.63) is 35.4 Å². The lowest BCUT2D eigenvalue weighted by atomic mass is 9.95. The van der Waals surface area contributed by atoms with Gasteiger partial charge >= 0.3 is 29.8 Å². The molecule has 17 nitrogen and oxygen atoms in total. The monoisotopic (exact) mass is 1070 g/mol. The molecule has 0 radical (unpaired) electrons. The number of carbonyl (C=O) groups excluding carboxylic acids is 4. The minimum absolute atomic E-state index is 0.0286. The van der Waals surface area contributed by atoms with Gasteiger partial charge in [-0.2, -0.15) is 0 Å². The molecule has 1 aliphatic heterocycles. The number of carboxylic acid groups (broad SMARTS) is 3. The highest BCUT2D eigenvalue weighted by Crippen LogP contribution is 2.29. The molecule has 6 N–H and O–H groups in total. The fourth-order valence-electron chi connectivity index (χ4n) is 9.52. The van der Waals surface area contributed by atoms with E-state index in [0.717, 1.165) is 95.5 Å². The van der Waals surface area contributed by atoms with E-state index < -0.39 is 110 Å². The van der Waals surface area contributed by atoms with Crippen LogP contribution in [0.3, 0.4) is 0 Å². The number of amides is 2. The molecule has 1 heterocycles. The molecule has 1 aliphatic rings. The van der Waals surface area contributed by atoms with E-state index in [1.807, 2.05) is 12.1 Å². The molecule has 0 unspecified atom stereocenters. The molecule has 76 heavy (non-hydrogen) atoms. The van der Waals surface area contributed by atoms with Gasteiger partial charge in [0.25, 0.3) is 5.91 Å². The smallest absolute Gasteiger partial charge is 0.328 e. The highest BCUT2D eigenvalue weighted by molar-refractivity contribution is 5.97. The molecule has 1 saturated heterocycles. The maximum atomic E-state index is 13.8. The van der Waals surface area contributed by atoms with Crippen LogP contribution in [-0.4, -0.2) is 111 Å². The van der Waals surface area contributed by atoms with Crippen molar-refractivity contribution in [1.29, 1.82) is 0 Å². The number of benzene rings is 1. The van der Waals surface area contributed by atoms with E-state index in [4.69, 9.17) is 18.9 Å². The Labute approximate surface area is 454 Å². The normalized spacial score (nSPS) is 17.7. The minimum Gasteiger partial charge on any atom is -0.481 e. The molecule has 17 heteroatoms. The second-order valence-corrected chi connectivity index (χ2v) is 20.9. The molecule has 1 aromatic carbocycles. The molecule has 2 rings (SSSR count). The van der Waals surface area contributed by atoms with Crippen LogP contribution in [0.1, 0.15) is 255 Å². The zero-order valence-corrected chi connectivity index (χ0v) is 46.6. The number of aliphatic hydroxyl groups excluding tert-OH is 1. The first-order valence-corrected chi connectivity index (χ1v) is 29.4. The summed E-state index contributed by atoms with van der Waals surface area (Å²) in [5.74, 6) is -6.94. The second-order valence-electron chi connectivity index (χ2n) is 20.9. The maximum Gasteiger partial charge on any atom is 0.328 e. The van der Waals surface area contributed by atoms with Crippen molar-refractivity contribution in [1.82, 2.24) is 10.6 Å². The Morgan fingerprint density at radius 2 is 1.04 bits per heavy atom. The number of aryl methyl sites for hydroxylation is 1. The van der Waals surface area contributed by atoms with E-state index in [2.05, 4.69) is 31.4 Å². The number of aliphatic carboxylic acids is 3. The summed E-state index contributed by atoms with van der Waals surface area (Å²) in [6.45, 7) is 5.79. The van der Waals surface area contributed by atoms with Crippen LogP contribution >= 0.6 is 0 Å². The molecular formula is C59H98N2O15.